The monoisotopic (exact) mass is 298 g/mol. The zero-order chi connectivity index (χ0) is 15.1. The first-order valence-corrected chi connectivity index (χ1v) is 8.23. The van der Waals surface area contributed by atoms with Gasteiger partial charge in [-0.3, -0.25) is 4.79 Å². The first kappa shape index (κ1) is 16.3. The van der Waals surface area contributed by atoms with Gasteiger partial charge in [0.2, 0.25) is 0 Å². The quantitative estimate of drug-likeness (QED) is 0.789. The molecule has 5 nitrogen and oxygen atoms in total. The highest BCUT2D eigenvalue weighted by Crippen LogP contribution is 2.22. The van der Waals surface area contributed by atoms with Crippen molar-refractivity contribution in [2.24, 2.45) is 0 Å². The Balaban J connectivity index is 1.67. The topological polar surface area (TPSA) is 72.8 Å². The van der Waals surface area contributed by atoms with E-state index in [2.05, 4.69) is 0 Å². The number of aliphatic hydroxyl groups is 1. The lowest BCUT2D eigenvalue weighted by atomic mass is 9.97. The van der Waals surface area contributed by atoms with Gasteiger partial charge in [0.05, 0.1) is 6.42 Å². The number of hydrogen-bond donors (Lipinski definition) is 1. The van der Waals surface area contributed by atoms with Crippen LogP contribution in [-0.4, -0.2) is 35.4 Å². The standard InChI is InChI=1S/C16H26O5/c17-14(16(19)21-13-9-5-2-6-10-13)11-15(18)20-12-7-3-1-4-8-12/h12-14,17H,1-11H2. The van der Waals surface area contributed by atoms with Gasteiger partial charge >= 0.3 is 11.9 Å². The van der Waals surface area contributed by atoms with E-state index in [1.165, 1.54) is 12.8 Å². The fraction of sp³-hybridized carbons (Fsp3) is 0.875. The maximum Gasteiger partial charge on any atom is 0.335 e. The van der Waals surface area contributed by atoms with Crippen molar-refractivity contribution in [1.29, 1.82) is 0 Å². The molecule has 0 spiro atoms. The molecule has 2 fully saturated rings. The summed E-state index contributed by atoms with van der Waals surface area (Å²) in [5.41, 5.74) is 0. The molecular formula is C16H26O5. The molecule has 120 valence electrons. The van der Waals surface area contributed by atoms with Crippen LogP contribution in [0.1, 0.15) is 70.6 Å². The third-order valence-corrected chi connectivity index (χ3v) is 4.32. The van der Waals surface area contributed by atoms with Crippen LogP contribution in [0.3, 0.4) is 0 Å². The van der Waals surface area contributed by atoms with Crippen LogP contribution in [0.4, 0.5) is 0 Å². The summed E-state index contributed by atoms with van der Waals surface area (Å²) in [5, 5.41) is 9.77. The van der Waals surface area contributed by atoms with E-state index in [1.54, 1.807) is 0 Å². The lowest BCUT2D eigenvalue weighted by Crippen LogP contribution is -2.32. The number of hydrogen-bond acceptors (Lipinski definition) is 5. The molecule has 0 bridgehead atoms. The number of ether oxygens (including phenoxy) is 2. The van der Waals surface area contributed by atoms with Crippen molar-refractivity contribution >= 4 is 11.9 Å². The minimum Gasteiger partial charge on any atom is -0.462 e. The second-order valence-corrected chi connectivity index (χ2v) is 6.17. The summed E-state index contributed by atoms with van der Waals surface area (Å²) in [6.07, 6.45) is 8.23. The molecule has 2 aliphatic carbocycles. The molecule has 2 rings (SSSR count). The third kappa shape index (κ3) is 5.65. The predicted octanol–water partition coefficient (Wildman–Crippen LogP) is 2.49. The molecule has 0 aliphatic heterocycles. The molecule has 2 aliphatic rings. The first-order valence-electron chi connectivity index (χ1n) is 8.23. The summed E-state index contributed by atoms with van der Waals surface area (Å²) < 4.78 is 10.5. The van der Waals surface area contributed by atoms with Crippen LogP contribution in [0, 0.1) is 0 Å². The van der Waals surface area contributed by atoms with E-state index in [4.69, 9.17) is 9.47 Å². The molecule has 0 aromatic heterocycles. The van der Waals surface area contributed by atoms with Crippen molar-refractivity contribution in [1.82, 2.24) is 0 Å². The van der Waals surface area contributed by atoms with Gasteiger partial charge in [-0.15, -0.1) is 0 Å². The van der Waals surface area contributed by atoms with Gasteiger partial charge < -0.3 is 14.6 Å². The van der Waals surface area contributed by atoms with Crippen molar-refractivity contribution in [3.8, 4) is 0 Å². The van der Waals surface area contributed by atoms with Crippen LogP contribution in [-0.2, 0) is 19.1 Å². The van der Waals surface area contributed by atoms with E-state index in [1.807, 2.05) is 0 Å². The Morgan fingerprint density at radius 1 is 0.857 bits per heavy atom. The predicted molar refractivity (Wildman–Crippen MR) is 76.6 cm³/mol. The molecule has 1 atom stereocenters. The van der Waals surface area contributed by atoms with Crippen LogP contribution >= 0.6 is 0 Å². The summed E-state index contributed by atoms with van der Waals surface area (Å²) >= 11 is 0. The SMILES string of the molecule is O=C(CC(O)C(=O)OC1CCCCC1)OC1CCCCC1. The Labute approximate surface area is 126 Å². The van der Waals surface area contributed by atoms with Gasteiger partial charge in [0.15, 0.2) is 6.10 Å². The Morgan fingerprint density at radius 3 is 1.86 bits per heavy atom. The number of carbonyl (C=O) groups excluding carboxylic acids is 2. The molecule has 2 saturated carbocycles. The van der Waals surface area contributed by atoms with Crippen LogP contribution in [0.25, 0.3) is 0 Å². The molecule has 0 heterocycles. The van der Waals surface area contributed by atoms with Gasteiger partial charge in [-0.25, -0.2) is 4.79 Å². The van der Waals surface area contributed by atoms with Gasteiger partial charge in [-0.2, -0.15) is 0 Å². The molecule has 0 amide bonds. The highest BCUT2D eigenvalue weighted by Gasteiger charge is 2.27. The fourth-order valence-corrected chi connectivity index (χ4v) is 3.08. The Morgan fingerprint density at radius 2 is 1.33 bits per heavy atom. The van der Waals surface area contributed by atoms with E-state index in [9.17, 15) is 14.7 Å². The second-order valence-electron chi connectivity index (χ2n) is 6.17. The zero-order valence-electron chi connectivity index (χ0n) is 12.6. The van der Waals surface area contributed by atoms with E-state index in [0.29, 0.717) is 0 Å². The summed E-state index contributed by atoms with van der Waals surface area (Å²) in [6, 6.07) is 0. The summed E-state index contributed by atoms with van der Waals surface area (Å²) in [4.78, 5) is 23.5. The molecule has 0 radical (unpaired) electrons. The molecule has 1 N–H and O–H groups in total. The number of esters is 2. The third-order valence-electron chi connectivity index (χ3n) is 4.32. The fourth-order valence-electron chi connectivity index (χ4n) is 3.08. The molecule has 0 saturated heterocycles. The second kappa shape index (κ2) is 8.37. The largest absolute Gasteiger partial charge is 0.462 e. The minimum absolute atomic E-state index is 0.0483. The van der Waals surface area contributed by atoms with Crippen molar-refractivity contribution in [3.05, 3.63) is 0 Å². The van der Waals surface area contributed by atoms with Crippen molar-refractivity contribution in [3.63, 3.8) is 0 Å². The lowest BCUT2D eigenvalue weighted by Gasteiger charge is -2.24. The molecule has 0 aromatic carbocycles. The van der Waals surface area contributed by atoms with Crippen LogP contribution in [0.15, 0.2) is 0 Å². The van der Waals surface area contributed by atoms with Crippen LogP contribution in [0.5, 0.6) is 0 Å². The lowest BCUT2D eigenvalue weighted by molar-refractivity contribution is -0.167. The smallest absolute Gasteiger partial charge is 0.335 e. The van der Waals surface area contributed by atoms with Crippen LogP contribution < -0.4 is 0 Å². The van der Waals surface area contributed by atoms with Crippen molar-refractivity contribution < 1.29 is 24.2 Å². The highest BCUT2D eigenvalue weighted by atomic mass is 16.6. The molecular weight excluding hydrogens is 272 g/mol. The van der Waals surface area contributed by atoms with Gasteiger partial charge in [0.25, 0.3) is 0 Å². The zero-order valence-corrected chi connectivity index (χ0v) is 12.6. The highest BCUT2D eigenvalue weighted by molar-refractivity contribution is 5.81. The maximum atomic E-state index is 11.8. The first-order chi connectivity index (χ1) is 10.1. The summed E-state index contributed by atoms with van der Waals surface area (Å²) in [6.45, 7) is 0. The normalized spacial score (nSPS) is 22.5. The maximum absolute atomic E-state index is 11.8. The average Bonchev–Trinajstić information content (AvgIpc) is 2.49. The van der Waals surface area contributed by atoms with E-state index < -0.39 is 18.0 Å². The molecule has 1 unspecified atom stereocenters. The van der Waals surface area contributed by atoms with Gasteiger partial charge in [-0.1, -0.05) is 12.8 Å². The number of rotatable bonds is 5. The Bertz CT molecular complexity index is 343. The molecule has 21 heavy (non-hydrogen) atoms. The van der Waals surface area contributed by atoms with Crippen molar-refractivity contribution in [2.75, 3.05) is 0 Å². The van der Waals surface area contributed by atoms with E-state index in [-0.39, 0.29) is 18.6 Å². The molecule has 0 aromatic rings. The Kier molecular flexibility index (Phi) is 6.49. The van der Waals surface area contributed by atoms with Crippen LogP contribution in [0.2, 0.25) is 0 Å². The van der Waals surface area contributed by atoms with Gasteiger partial charge in [0.1, 0.15) is 12.2 Å². The minimum atomic E-state index is -1.40. The number of aliphatic hydroxyl groups excluding tert-OH is 1. The number of carbonyl (C=O) groups is 2. The van der Waals surface area contributed by atoms with E-state index >= 15 is 0 Å². The van der Waals surface area contributed by atoms with Crippen molar-refractivity contribution in [2.45, 2.75) is 88.9 Å². The Hall–Kier alpha value is -1.10. The van der Waals surface area contributed by atoms with E-state index in [0.717, 1.165) is 51.4 Å². The average molecular weight is 298 g/mol. The summed E-state index contributed by atoms with van der Waals surface area (Å²) in [5.74, 6) is -1.20. The summed E-state index contributed by atoms with van der Waals surface area (Å²) in [7, 11) is 0. The van der Waals surface area contributed by atoms with Gasteiger partial charge in [-0.05, 0) is 51.4 Å². The molecule has 5 heteroatoms. The van der Waals surface area contributed by atoms with Gasteiger partial charge in [0, 0.05) is 0 Å².